The maximum absolute atomic E-state index is 10.7. The lowest BCUT2D eigenvalue weighted by molar-refractivity contribution is -0.309. The van der Waals surface area contributed by atoms with Crippen LogP contribution in [0.3, 0.4) is 0 Å². The Morgan fingerprint density at radius 1 is 1.27 bits per heavy atom. The maximum atomic E-state index is 10.7. The van der Waals surface area contributed by atoms with Gasteiger partial charge in [-0.15, -0.1) is 0 Å². The quantitative estimate of drug-likeness (QED) is 0.704. The molecule has 0 aromatic rings. The van der Waals surface area contributed by atoms with Gasteiger partial charge in [0.25, 0.3) is 0 Å². The van der Waals surface area contributed by atoms with Crippen LogP contribution in [0.15, 0.2) is 12.2 Å². The molecule has 2 aliphatic rings. The van der Waals surface area contributed by atoms with E-state index in [0.717, 1.165) is 31.6 Å². The lowest BCUT2D eigenvalue weighted by Gasteiger charge is -2.36. The summed E-state index contributed by atoms with van der Waals surface area (Å²) in [5.41, 5.74) is -1.14. The molecule has 4 heteroatoms. The maximum Gasteiger partial charge on any atom is 0.0721 e. The second-order valence-corrected chi connectivity index (χ2v) is 7.31. The molecule has 0 bridgehead atoms. The van der Waals surface area contributed by atoms with Gasteiger partial charge in [0.1, 0.15) is 0 Å². The van der Waals surface area contributed by atoms with Gasteiger partial charge in [0.05, 0.1) is 11.7 Å². The predicted molar refractivity (Wildman–Crippen MR) is 82.9 cm³/mol. The van der Waals surface area contributed by atoms with Gasteiger partial charge in [0, 0.05) is 12.4 Å². The molecule has 0 amide bonds. The number of carboxylic acids is 1. The van der Waals surface area contributed by atoms with Crippen LogP contribution in [-0.2, 0) is 4.79 Å². The van der Waals surface area contributed by atoms with Crippen molar-refractivity contribution in [2.45, 2.75) is 82.3 Å². The Bertz CT molecular complexity index is 387. The van der Waals surface area contributed by atoms with Gasteiger partial charge in [-0.05, 0) is 50.4 Å². The number of carboxylic acid groups (broad SMARTS) is 1. The van der Waals surface area contributed by atoms with Gasteiger partial charge in [-0.2, -0.15) is 0 Å². The Labute approximate surface area is 133 Å². The minimum Gasteiger partial charge on any atom is -0.550 e. The number of hydrogen-bond donors (Lipinski definition) is 2. The highest BCUT2D eigenvalue weighted by Gasteiger charge is 2.33. The third kappa shape index (κ3) is 5.73. The molecule has 0 heterocycles. The first-order chi connectivity index (χ1) is 10.5. The summed E-state index contributed by atoms with van der Waals surface area (Å²) in [6.45, 7) is 0. The molecule has 126 valence electrons. The first-order valence-corrected chi connectivity index (χ1v) is 8.75. The highest BCUT2D eigenvalue weighted by Crippen LogP contribution is 2.35. The standard InChI is InChI=1S/C18H30O4/c19-16(9-7-14-4-1-2-5-14)10-8-15-6-3-11-18(22,12-15)13-17(20)21/h8,10,14-16,19,22H,1-7,9,11-13H2,(H,20,21)/p-1/b10-8+. The van der Waals surface area contributed by atoms with Crippen LogP contribution in [0, 0.1) is 11.8 Å². The van der Waals surface area contributed by atoms with E-state index in [0.29, 0.717) is 12.8 Å². The summed E-state index contributed by atoms with van der Waals surface area (Å²) in [4.78, 5) is 10.7. The molecule has 2 rings (SSSR count). The van der Waals surface area contributed by atoms with E-state index < -0.39 is 17.7 Å². The molecule has 3 atom stereocenters. The van der Waals surface area contributed by atoms with E-state index in [4.69, 9.17) is 0 Å². The third-order valence-electron chi connectivity index (χ3n) is 5.28. The number of aliphatic carboxylic acids is 1. The van der Waals surface area contributed by atoms with Crippen molar-refractivity contribution >= 4 is 5.97 Å². The van der Waals surface area contributed by atoms with E-state index in [1.807, 2.05) is 12.2 Å². The van der Waals surface area contributed by atoms with E-state index in [1.165, 1.54) is 25.7 Å². The lowest BCUT2D eigenvalue weighted by Crippen LogP contribution is -2.41. The smallest absolute Gasteiger partial charge is 0.0721 e. The normalized spacial score (nSPS) is 31.6. The average Bonchev–Trinajstić information content (AvgIpc) is 2.95. The number of carbonyl (C=O) groups excluding carboxylic acids is 1. The molecule has 0 aromatic carbocycles. The summed E-state index contributed by atoms with van der Waals surface area (Å²) in [6.07, 6.45) is 13.0. The van der Waals surface area contributed by atoms with E-state index >= 15 is 0 Å². The van der Waals surface area contributed by atoms with Crippen LogP contribution in [0.4, 0.5) is 0 Å². The van der Waals surface area contributed by atoms with E-state index in [2.05, 4.69) is 0 Å². The zero-order valence-electron chi connectivity index (χ0n) is 13.4. The number of hydrogen-bond acceptors (Lipinski definition) is 4. The van der Waals surface area contributed by atoms with Crippen LogP contribution in [0.5, 0.6) is 0 Å². The lowest BCUT2D eigenvalue weighted by atomic mass is 9.76. The van der Waals surface area contributed by atoms with Gasteiger partial charge in [-0.25, -0.2) is 0 Å². The molecule has 2 fully saturated rings. The number of allylic oxidation sites excluding steroid dienone is 1. The van der Waals surface area contributed by atoms with Crippen LogP contribution in [0.2, 0.25) is 0 Å². The van der Waals surface area contributed by atoms with E-state index in [9.17, 15) is 20.1 Å². The van der Waals surface area contributed by atoms with Crippen LogP contribution in [-0.4, -0.2) is 27.9 Å². The Balaban J connectivity index is 1.74. The molecular weight excluding hydrogens is 280 g/mol. The molecule has 2 saturated carbocycles. The van der Waals surface area contributed by atoms with E-state index in [-0.39, 0.29) is 12.3 Å². The number of aliphatic hydroxyl groups excluding tert-OH is 1. The van der Waals surface area contributed by atoms with Crippen LogP contribution < -0.4 is 5.11 Å². The summed E-state index contributed by atoms with van der Waals surface area (Å²) >= 11 is 0. The summed E-state index contributed by atoms with van der Waals surface area (Å²) in [5, 5.41) is 31.1. The fourth-order valence-electron chi connectivity index (χ4n) is 4.07. The minimum atomic E-state index is -1.19. The van der Waals surface area contributed by atoms with Gasteiger partial charge in [0.15, 0.2) is 0 Å². The van der Waals surface area contributed by atoms with E-state index in [1.54, 1.807) is 0 Å². The molecule has 2 N–H and O–H groups in total. The SMILES string of the molecule is O=C([O-])CC1(O)CCCC(/C=C/C(O)CCC2CCCC2)C1. The van der Waals surface area contributed by atoms with Gasteiger partial charge in [-0.1, -0.05) is 37.8 Å². The summed E-state index contributed by atoms with van der Waals surface area (Å²) in [6, 6.07) is 0. The number of carbonyl (C=O) groups is 1. The molecule has 3 unspecified atom stereocenters. The van der Waals surface area contributed by atoms with Crippen LogP contribution >= 0.6 is 0 Å². The minimum absolute atomic E-state index is 0.152. The zero-order valence-corrected chi connectivity index (χ0v) is 13.4. The largest absolute Gasteiger partial charge is 0.550 e. The molecule has 2 aliphatic carbocycles. The fraction of sp³-hybridized carbons (Fsp3) is 0.833. The van der Waals surface area contributed by atoms with Crippen LogP contribution in [0.25, 0.3) is 0 Å². The number of aliphatic hydroxyl groups is 2. The predicted octanol–water partition coefficient (Wildman–Crippen LogP) is 1.94. The topological polar surface area (TPSA) is 80.6 Å². The Kier molecular flexibility index (Phi) is 6.45. The van der Waals surface area contributed by atoms with Crippen molar-refractivity contribution in [2.24, 2.45) is 11.8 Å². The Morgan fingerprint density at radius 3 is 2.68 bits per heavy atom. The highest BCUT2D eigenvalue weighted by molar-refractivity contribution is 5.65. The molecule has 0 aromatic heterocycles. The number of rotatable bonds is 7. The molecule has 0 saturated heterocycles. The van der Waals surface area contributed by atoms with Gasteiger partial charge >= 0.3 is 0 Å². The summed E-state index contributed by atoms with van der Waals surface area (Å²) < 4.78 is 0. The second kappa shape index (κ2) is 8.11. The van der Waals surface area contributed by atoms with Crippen molar-refractivity contribution in [3.63, 3.8) is 0 Å². The third-order valence-corrected chi connectivity index (χ3v) is 5.28. The molecule has 22 heavy (non-hydrogen) atoms. The van der Waals surface area contributed by atoms with Crippen molar-refractivity contribution in [3.05, 3.63) is 12.2 Å². The molecule has 0 radical (unpaired) electrons. The average molecular weight is 309 g/mol. The molecule has 0 spiro atoms. The van der Waals surface area contributed by atoms with Crippen molar-refractivity contribution < 1.29 is 20.1 Å². The van der Waals surface area contributed by atoms with Gasteiger partial charge in [-0.3, -0.25) is 0 Å². The first kappa shape index (κ1) is 17.5. The summed E-state index contributed by atoms with van der Waals surface area (Å²) in [5.74, 6) is -0.256. The van der Waals surface area contributed by atoms with Crippen molar-refractivity contribution in [1.82, 2.24) is 0 Å². The Hall–Kier alpha value is -0.870. The van der Waals surface area contributed by atoms with Gasteiger partial charge in [0.2, 0.25) is 0 Å². The Morgan fingerprint density at radius 2 is 2.00 bits per heavy atom. The second-order valence-electron chi connectivity index (χ2n) is 7.31. The fourth-order valence-corrected chi connectivity index (χ4v) is 4.07. The highest BCUT2D eigenvalue weighted by atomic mass is 16.4. The molecule has 4 nitrogen and oxygen atoms in total. The zero-order chi connectivity index (χ0) is 16.0. The summed E-state index contributed by atoms with van der Waals surface area (Å²) in [7, 11) is 0. The van der Waals surface area contributed by atoms with Crippen LogP contribution in [0.1, 0.15) is 70.6 Å². The van der Waals surface area contributed by atoms with Gasteiger partial charge < -0.3 is 20.1 Å². The van der Waals surface area contributed by atoms with Crippen molar-refractivity contribution in [2.75, 3.05) is 0 Å². The first-order valence-electron chi connectivity index (χ1n) is 8.75. The van der Waals surface area contributed by atoms with Crippen molar-refractivity contribution in [3.8, 4) is 0 Å². The monoisotopic (exact) mass is 309 g/mol. The molecule has 0 aliphatic heterocycles. The van der Waals surface area contributed by atoms with Crippen molar-refractivity contribution in [1.29, 1.82) is 0 Å². The molecular formula is C18H29O4-.